The summed E-state index contributed by atoms with van der Waals surface area (Å²) in [6.07, 6.45) is 0.627. The van der Waals surface area contributed by atoms with E-state index in [-0.39, 0.29) is 11.9 Å². The second-order valence-electron chi connectivity index (χ2n) is 5.92. The van der Waals surface area contributed by atoms with Crippen LogP contribution in [0.3, 0.4) is 0 Å². The van der Waals surface area contributed by atoms with Crippen LogP contribution in [0.4, 0.5) is 0 Å². The first-order valence-corrected chi connectivity index (χ1v) is 10.1. The zero-order valence-corrected chi connectivity index (χ0v) is 16.8. The predicted octanol–water partition coefficient (Wildman–Crippen LogP) is 6.16. The Hall–Kier alpha value is -1.95. The maximum Gasteiger partial charge on any atom is 0.284 e. The molecule has 1 amide bonds. The van der Waals surface area contributed by atoms with Crippen molar-refractivity contribution in [3.05, 3.63) is 91.5 Å². The van der Waals surface area contributed by atoms with Crippen LogP contribution in [-0.4, -0.2) is 16.6 Å². The Kier molecular flexibility index (Phi) is 4.94. The minimum atomic E-state index is -0.211. The van der Waals surface area contributed by atoms with Crippen molar-refractivity contribution in [3.63, 3.8) is 0 Å². The van der Waals surface area contributed by atoms with Crippen molar-refractivity contribution >= 4 is 50.5 Å². The molecule has 1 aliphatic heterocycles. The molecule has 0 bridgehead atoms. The van der Waals surface area contributed by atoms with Crippen molar-refractivity contribution in [1.82, 2.24) is 5.01 Å². The van der Waals surface area contributed by atoms with Crippen LogP contribution in [-0.2, 0) is 0 Å². The van der Waals surface area contributed by atoms with Crippen molar-refractivity contribution in [2.24, 2.45) is 5.10 Å². The van der Waals surface area contributed by atoms with Gasteiger partial charge in [-0.2, -0.15) is 5.10 Å². The van der Waals surface area contributed by atoms with Gasteiger partial charge in [-0.25, -0.2) is 5.01 Å². The lowest BCUT2D eigenvalue weighted by atomic mass is 9.98. The monoisotopic (exact) mass is 444 g/mol. The fourth-order valence-electron chi connectivity index (χ4n) is 3.02. The summed E-state index contributed by atoms with van der Waals surface area (Å²) in [7, 11) is 0. The number of amides is 1. The molecule has 130 valence electrons. The van der Waals surface area contributed by atoms with E-state index < -0.39 is 0 Å². The summed E-state index contributed by atoms with van der Waals surface area (Å²) in [4.78, 5) is 13.7. The number of rotatable bonds is 3. The molecule has 0 saturated heterocycles. The lowest BCUT2D eigenvalue weighted by Crippen LogP contribution is -2.26. The lowest BCUT2D eigenvalue weighted by molar-refractivity contribution is 0.0716. The third kappa shape index (κ3) is 3.34. The number of halogens is 2. The molecule has 3 nitrogen and oxygen atoms in total. The Balaban J connectivity index is 1.75. The van der Waals surface area contributed by atoms with Gasteiger partial charge in [0.25, 0.3) is 5.91 Å². The molecular formula is C20H14BrClN2OS. The SMILES string of the molecule is O=C(c1cccs1)N1N=C(c2ccc(Br)cc2)CC1c1ccccc1Cl. The Labute approximate surface area is 169 Å². The molecule has 26 heavy (non-hydrogen) atoms. The number of thiophene rings is 1. The number of nitrogens with zero attached hydrogens (tertiary/aromatic N) is 2. The summed E-state index contributed by atoms with van der Waals surface area (Å²) >= 11 is 11.3. The molecule has 0 N–H and O–H groups in total. The van der Waals surface area contributed by atoms with Crippen LogP contribution in [0.25, 0.3) is 0 Å². The van der Waals surface area contributed by atoms with Gasteiger partial charge in [-0.3, -0.25) is 4.79 Å². The molecule has 0 saturated carbocycles. The third-order valence-electron chi connectivity index (χ3n) is 4.29. The van der Waals surface area contributed by atoms with Crippen molar-refractivity contribution in [2.75, 3.05) is 0 Å². The van der Waals surface area contributed by atoms with Gasteiger partial charge in [0.15, 0.2) is 0 Å². The summed E-state index contributed by atoms with van der Waals surface area (Å²) in [5.41, 5.74) is 2.80. The lowest BCUT2D eigenvalue weighted by Gasteiger charge is -2.22. The molecule has 3 aromatic rings. The minimum Gasteiger partial charge on any atom is -0.266 e. The molecule has 0 fully saturated rings. The molecule has 4 rings (SSSR count). The smallest absolute Gasteiger partial charge is 0.266 e. The largest absolute Gasteiger partial charge is 0.284 e. The second kappa shape index (κ2) is 7.35. The maximum atomic E-state index is 13.0. The Morgan fingerprint density at radius 2 is 1.88 bits per heavy atom. The van der Waals surface area contributed by atoms with E-state index in [2.05, 4.69) is 21.0 Å². The van der Waals surface area contributed by atoms with E-state index in [1.165, 1.54) is 11.3 Å². The normalized spacial score (nSPS) is 16.6. The fraction of sp³-hybridized carbons (Fsp3) is 0.100. The van der Waals surface area contributed by atoms with E-state index in [0.29, 0.717) is 16.3 Å². The van der Waals surface area contributed by atoms with Crippen LogP contribution >= 0.6 is 38.9 Å². The Bertz CT molecular complexity index is 970. The predicted molar refractivity (Wildman–Crippen MR) is 110 cm³/mol. The van der Waals surface area contributed by atoms with E-state index in [1.54, 1.807) is 5.01 Å². The highest BCUT2D eigenvalue weighted by molar-refractivity contribution is 9.10. The van der Waals surface area contributed by atoms with Crippen LogP contribution in [0.15, 0.2) is 75.6 Å². The highest BCUT2D eigenvalue weighted by atomic mass is 79.9. The third-order valence-corrected chi connectivity index (χ3v) is 6.02. The van der Waals surface area contributed by atoms with Crippen molar-refractivity contribution in [3.8, 4) is 0 Å². The van der Waals surface area contributed by atoms with E-state index in [0.717, 1.165) is 21.3 Å². The van der Waals surface area contributed by atoms with Crippen LogP contribution in [0.2, 0.25) is 5.02 Å². The van der Waals surface area contributed by atoms with E-state index >= 15 is 0 Å². The van der Waals surface area contributed by atoms with E-state index in [1.807, 2.05) is 66.0 Å². The molecular weight excluding hydrogens is 432 g/mol. The van der Waals surface area contributed by atoms with Gasteiger partial charge >= 0.3 is 0 Å². The van der Waals surface area contributed by atoms with Crippen LogP contribution < -0.4 is 0 Å². The summed E-state index contributed by atoms with van der Waals surface area (Å²) in [5, 5.41) is 8.79. The molecule has 1 aromatic heterocycles. The summed E-state index contributed by atoms with van der Waals surface area (Å²) < 4.78 is 1.01. The van der Waals surface area contributed by atoms with Gasteiger partial charge < -0.3 is 0 Å². The Morgan fingerprint density at radius 3 is 2.58 bits per heavy atom. The molecule has 0 radical (unpaired) electrons. The van der Waals surface area contributed by atoms with Gasteiger partial charge in [-0.1, -0.05) is 63.9 Å². The highest BCUT2D eigenvalue weighted by Gasteiger charge is 2.35. The average Bonchev–Trinajstić information content (AvgIpc) is 3.32. The molecule has 0 aliphatic carbocycles. The number of hydrogen-bond acceptors (Lipinski definition) is 3. The summed E-state index contributed by atoms with van der Waals surface area (Å²) in [6.45, 7) is 0. The fourth-order valence-corrected chi connectivity index (χ4v) is 4.20. The van der Waals surface area contributed by atoms with Gasteiger partial charge in [-0.05, 0) is 40.8 Å². The van der Waals surface area contributed by atoms with Crippen LogP contribution in [0.5, 0.6) is 0 Å². The molecule has 1 atom stereocenters. The van der Waals surface area contributed by atoms with Gasteiger partial charge in [0.05, 0.1) is 16.6 Å². The Morgan fingerprint density at radius 1 is 1.12 bits per heavy atom. The molecule has 2 aromatic carbocycles. The van der Waals surface area contributed by atoms with Crippen LogP contribution in [0.1, 0.15) is 33.3 Å². The van der Waals surface area contributed by atoms with Crippen molar-refractivity contribution in [2.45, 2.75) is 12.5 Å². The van der Waals surface area contributed by atoms with Crippen molar-refractivity contribution in [1.29, 1.82) is 0 Å². The number of carbonyl (C=O) groups is 1. The van der Waals surface area contributed by atoms with Gasteiger partial charge in [-0.15, -0.1) is 11.3 Å². The first kappa shape index (κ1) is 17.5. The molecule has 1 unspecified atom stereocenters. The zero-order valence-electron chi connectivity index (χ0n) is 13.6. The van der Waals surface area contributed by atoms with E-state index in [4.69, 9.17) is 11.6 Å². The van der Waals surface area contributed by atoms with Gasteiger partial charge in [0.1, 0.15) is 0 Å². The average molecular weight is 446 g/mol. The summed E-state index contributed by atoms with van der Waals surface area (Å²) in [5.74, 6) is -0.1000. The molecule has 1 aliphatic rings. The zero-order chi connectivity index (χ0) is 18.1. The second-order valence-corrected chi connectivity index (χ2v) is 8.19. The van der Waals surface area contributed by atoms with Crippen molar-refractivity contribution < 1.29 is 4.79 Å². The number of carbonyl (C=O) groups excluding carboxylic acids is 1. The van der Waals surface area contributed by atoms with Crippen LogP contribution in [0, 0.1) is 0 Å². The quantitative estimate of drug-likeness (QED) is 0.475. The minimum absolute atomic E-state index is 0.1000. The number of hydrogen-bond donors (Lipinski definition) is 0. The number of benzene rings is 2. The standard InChI is InChI=1S/C20H14BrClN2OS/c21-14-9-7-13(8-10-14)17-12-18(15-4-1-2-5-16(15)22)24(23-17)20(25)19-6-3-11-26-19/h1-11,18H,12H2. The van der Waals surface area contributed by atoms with E-state index in [9.17, 15) is 4.79 Å². The number of hydrazone groups is 1. The summed E-state index contributed by atoms with van der Waals surface area (Å²) in [6, 6.07) is 19.1. The molecule has 6 heteroatoms. The molecule has 0 spiro atoms. The first-order chi connectivity index (χ1) is 12.6. The highest BCUT2D eigenvalue weighted by Crippen LogP contribution is 2.37. The first-order valence-electron chi connectivity index (χ1n) is 8.08. The van der Waals surface area contributed by atoms with Gasteiger partial charge in [0.2, 0.25) is 0 Å². The molecule has 2 heterocycles. The topological polar surface area (TPSA) is 32.7 Å². The van der Waals surface area contributed by atoms with Gasteiger partial charge in [0, 0.05) is 15.9 Å². The maximum absolute atomic E-state index is 13.0.